The quantitative estimate of drug-likeness (QED) is 0.779. The molecule has 0 unspecified atom stereocenters. The Bertz CT molecular complexity index is 157. The van der Waals surface area contributed by atoms with Gasteiger partial charge in [0.25, 0.3) is 0 Å². The van der Waals surface area contributed by atoms with E-state index in [1.54, 1.807) is 0 Å². The van der Waals surface area contributed by atoms with E-state index in [0.29, 0.717) is 6.54 Å². The van der Waals surface area contributed by atoms with Gasteiger partial charge in [0.1, 0.15) is 5.60 Å². The van der Waals surface area contributed by atoms with E-state index in [-0.39, 0.29) is 32.7 Å². The van der Waals surface area contributed by atoms with E-state index in [4.69, 9.17) is 4.74 Å². The first-order valence-electron chi connectivity index (χ1n) is 4.92. The first-order chi connectivity index (χ1) is 6.87. The Morgan fingerprint density at radius 3 is 1.75 bits per heavy atom. The van der Waals surface area contributed by atoms with Crippen LogP contribution in [0.3, 0.4) is 0 Å². The number of carbonyl (C=O) groups is 1. The molecule has 0 atom stereocenters. The molecule has 2 N–H and O–H groups in total. The molecule has 0 saturated heterocycles. The van der Waals surface area contributed by atoms with Crippen LogP contribution in [0.5, 0.6) is 0 Å². The van der Waals surface area contributed by atoms with Crippen LogP contribution >= 0.6 is 0 Å². The van der Waals surface area contributed by atoms with E-state index in [2.05, 4.69) is 31.4 Å². The third kappa shape index (κ3) is 23.9. The van der Waals surface area contributed by atoms with Crippen LogP contribution in [-0.2, 0) is 37.4 Å². The van der Waals surface area contributed by atoms with Gasteiger partial charge in [0.15, 0.2) is 0 Å². The van der Waals surface area contributed by atoms with Crippen LogP contribution in [0.1, 0.15) is 20.8 Å². The van der Waals surface area contributed by atoms with Crippen molar-refractivity contribution in [3.63, 3.8) is 0 Å². The number of hydrogen-bond acceptors (Lipinski definition) is 3. The van der Waals surface area contributed by atoms with E-state index in [1.807, 2.05) is 20.8 Å². The standard InChI is InChI=1S/C7H14NO2.C4H9N.Y/c1-5-8-6(9)10-7(2,3)4;1-3-5-4-2;/h1,5H2,2-4H3,(H,8,9);5H,1-4H2;/q-1;-2;+3. The van der Waals surface area contributed by atoms with Crippen LogP contribution in [0.25, 0.3) is 0 Å². The van der Waals surface area contributed by atoms with Crippen molar-refractivity contribution >= 4 is 6.09 Å². The Labute approximate surface area is 125 Å². The van der Waals surface area contributed by atoms with Crippen molar-refractivity contribution in [1.82, 2.24) is 10.6 Å². The monoisotopic (exact) mass is 304 g/mol. The van der Waals surface area contributed by atoms with Crippen LogP contribution in [0.2, 0.25) is 0 Å². The van der Waals surface area contributed by atoms with Crippen molar-refractivity contribution in [2.45, 2.75) is 26.4 Å². The summed E-state index contributed by atoms with van der Waals surface area (Å²) in [5.41, 5.74) is -0.417. The molecule has 0 aromatic heterocycles. The zero-order valence-corrected chi connectivity index (χ0v) is 13.5. The van der Waals surface area contributed by atoms with Gasteiger partial charge in [-0.3, -0.25) is 0 Å². The first-order valence-corrected chi connectivity index (χ1v) is 4.92. The molecule has 0 aromatic rings. The predicted octanol–water partition coefficient (Wildman–Crippen LogP) is 1.59. The maximum absolute atomic E-state index is 10.7. The number of carbonyl (C=O) groups excluding carboxylic acids is 1. The number of hydrogen-bond donors (Lipinski definition) is 2. The normalized spacial score (nSPS) is 9.38. The van der Waals surface area contributed by atoms with Crippen molar-refractivity contribution in [3.05, 3.63) is 20.8 Å². The SMILES string of the molecule is [CH2-]CNC(=O)OC(C)(C)C.[CH2-]CNC[CH2-].[Y+3]. The maximum Gasteiger partial charge on any atom is 3.00 e. The summed E-state index contributed by atoms with van der Waals surface area (Å²) in [4.78, 5) is 10.7. The molecular weight excluding hydrogens is 281 g/mol. The largest absolute Gasteiger partial charge is 3.00 e. The molecule has 0 rings (SSSR count). The van der Waals surface area contributed by atoms with Gasteiger partial charge in [0.05, 0.1) is 0 Å². The molecule has 0 saturated carbocycles. The first kappa shape index (κ1) is 21.6. The fourth-order valence-corrected chi connectivity index (χ4v) is 0.541. The number of alkyl carbamates (subject to hydrolysis) is 1. The van der Waals surface area contributed by atoms with Crippen LogP contribution in [0.15, 0.2) is 0 Å². The van der Waals surface area contributed by atoms with E-state index in [0.717, 1.165) is 13.1 Å². The minimum Gasteiger partial charge on any atom is -0.444 e. The Morgan fingerprint density at radius 1 is 1.12 bits per heavy atom. The Balaban J connectivity index is -0.000000242. The van der Waals surface area contributed by atoms with Crippen molar-refractivity contribution in [2.24, 2.45) is 0 Å². The summed E-state index contributed by atoms with van der Waals surface area (Å²) in [6, 6.07) is 0. The Kier molecular flexibility index (Phi) is 18.1. The summed E-state index contributed by atoms with van der Waals surface area (Å²) in [6.07, 6.45) is -0.414. The van der Waals surface area contributed by atoms with Crippen LogP contribution in [-0.4, -0.2) is 31.3 Å². The molecule has 0 fully saturated rings. The van der Waals surface area contributed by atoms with Crippen molar-refractivity contribution in [3.8, 4) is 0 Å². The third-order valence-electron chi connectivity index (χ3n) is 1.02. The minimum absolute atomic E-state index is 0. The van der Waals surface area contributed by atoms with E-state index < -0.39 is 11.7 Å². The van der Waals surface area contributed by atoms with Gasteiger partial charge in [0, 0.05) is 0 Å². The molecule has 16 heavy (non-hydrogen) atoms. The van der Waals surface area contributed by atoms with Crippen molar-refractivity contribution < 1.29 is 42.2 Å². The molecule has 0 aliphatic carbocycles. The van der Waals surface area contributed by atoms with Crippen molar-refractivity contribution in [2.75, 3.05) is 19.6 Å². The average Bonchev–Trinajstić information content (AvgIpc) is 2.03. The molecule has 4 nitrogen and oxygen atoms in total. The number of nitrogens with one attached hydrogen (secondary N) is 2. The molecule has 1 amide bonds. The predicted molar refractivity (Wildman–Crippen MR) is 63.2 cm³/mol. The maximum atomic E-state index is 10.7. The van der Waals surface area contributed by atoms with Gasteiger partial charge in [-0.05, 0) is 20.8 Å². The number of amides is 1. The van der Waals surface area contributed by atoms with Gasteiger partial charge in [-0.25, -0.2) is 4.79 Å². The third-order valence-corrected chi connectivity index (χ3v) is 1.02. The van der Waals surface area contributed by atoms with Crippen molar-refractivity contribution in [1.29, 1.82) is 0 Å². The van der Waals surface area contributed by atoms with Crippen LogP contribution in [0.4, 0.5) is 4.79 Å². The summed E-state index contributed by atoms with van der Waals surface area (Å²) in [5, 5.41) is 5.32. The molecule has 0 bridgehead atoms. The Hall–Kier alpha value is 0.334. The zero-order valence-electron chi connectivity index (χ0n) is 10.6. The van der Waals surface area contributed by atoms with Gasteiger partial charge >= 0.3 is 38.8 Å². The van der Waals surface area contributed by atoms with E-state index >= 15 is 0 Å². The molecular formula is C11H23N2O2Y. The van der Waals surface area contributed by atoms with Gasteiger partial charge in [-0.2, -0.15) is 0 Å². The van der Waals surface area contributed by atoms with E-state index in [1.165, 1.54) is 0 Å². The number of rotatable bonds is 3. The second-order valence-corrected chi connectivity index (χ2v) is 3.68. The fourth-order valence-electron chi connectivity index (χ4n) is 0.541. The minimum atomic E-state index is -0.417. The Morgan fingerprint density at radius 2 is 1.56 bits per heavy atom. The topological polar surface area (TPSA) is 50.4 Å². The fraction of sp³-hybridized carbons (Fsp3) is 0.636. The summed E-state index contributed by atoms with van der Waals surface area (Å²) < 4.78 is 4.89. The molecule has 5 heteroatoms. The molecule has 0 radical (unpaired) electrons. The smallest absolute Gasteiger partial charge is 0.444 e. The molecule has 0 heterocycles. The van der Waals surface area contributed by atoms with Gasteiger partial charge in [0.2, 0.25) is 0 Å². The van der Waals surface area contributed by atoms with Crippen LogP contribution in [0, 0.1) is 20.8 Å². The summed E-state index contributed by atoms with van der Waals surface area (Å²) >= 11 is 0. The zero-order chi connectivity index (χ0) is 12.3. The van der Waals surface area contributed by atoms with Gasteiger partial charge < -0.3 is 36.1 Å². The molecule has 92 valence electrons. The van der Waals surface area contributed by atoms with Gasteiger partial charge in [-0.15, -0.1) is 19.6 Å². The number of ether oxygens (including phenoxy) is 1. The van der Waals surface area contributed by atoms with Gasteiger partial charge in [-0.1, -0.05) is 0 Å². The molecule has 0 spiro atoms. The molecule has 0 aliphatic heterocycles. The summed E-state index contributed by atoms with van der Waals surface area (Å²) in [5.74, 6) is 0. The summed E-state index contributed by atoms with van der Waals surface area (Å²) in [6.45, 7) is 17.9. The molecule has 0 aliphatic rings. The second kappa shape index (κ2) is 13.4. The van der Waals surface area contributed by atoms with Crippen LogP contribution < -0.4 is 10.6 Å². The summed E-state index contributed by atoms with van der Waals surface area (Å²) in [7, 11) is 0. The molecule has 0 aromatic carbocycles. The average molecular weight is 304 g/mol. The van der Waals surface area contributed by atoms with E-state index in [9.17, 15) is 4.79 Å². The second-order valence-electron chi connectivity index (χ2n) is 3.68.